The number of sulfonamides is 1. The van der Waals surface area contributed by atoms with Crippen molar-refractivity contribution < 1.29 is 22.7 Å². The highest BCUT2D eigenvalue weighted by molar-refractivity contribution is 7.89. The van der Waals surface area contributed by atoms with Crippen molar-refractivity contribution in [2.45, 2.75) is 43.9 Å². The first kappa shape index (κ1) is 24.7. The van der Waals surface area contributed by atoms with Gasteiger partial charge in [0.05, 0.1) is 11.3 Å². The summed E-state index contributed by atoms with van der Waals surface area (Å²) in [6.07, 6.45) is 4.17. The quantitative estimate of drug-likeness (QED) is 0.488. The van der Waals surface area contributed by atoms with Crippen molar-refractivity contribution in [2.24, 2.45) is 0 Å². The first-order valence-electron chi connectivity index (χ1n) is 11.3. The van der Waals surface area contributed by atoms with Gasteiger partial charge in [-0.05, 0) is 61.2 Å². The predicted octanol–water partition coefficient (Wildman–Crippen LogP) is 2.95. The highest BCUT2D eigenvalue weighted by atomic mass is 32.2. The zero-order valence-electron chi connectivity index (χ0n) is 18.9. The molecule has 2 amide bonds. The van der Waals surface area contributed by atoms with Gasteiger partial charge in [0, 0.05) is 25.3 Å². The minimum atomic E-state index is -3.55. The second kappa shape index (κ2) is 11.8. The second-order valence-corrected chi connectivity index (χ2v) is 9.79. The normalized spacial score (nSPS) is 13.7. The molecule has 0 saturated carbocycles. The number of carbonyl (C=O) groups excluding carboxylic acids is 2. The van der Waals surface area contributed by atoms with Crippen molar-refractivity contribution in [3.05, 3.63) is 54.1 Å². The zero-order valence-corrected chi connectivity index (χ0v) is 19.7. The fourth-order valence-corrected chi connectivity index (χ4v) is 4.56. The van der Waals surface area contributed by atoms with Crippen LogP contribution in [0, 0.1) is 0 Å². The second-order valence-electron chi connectivity index (χ2n) is 8.02. The summed E-state index contributed by atoms with van der Waals surface area (Å²) in [7, 11) is -3.55. The van der Waals surface area contributed by atoms with Gasteiger partial charge < -0.3 is 15.0 Å². The van der Waals surface area contributed by atoms with E-state index in [9.17, 15) is 18.0 Å². The molecule has 0 aromatic heterocycles. The molecule has 178 valence electrons. The number of amides is 2. The summed E-state index contributed by atoms with van der Waals surface area (Å²) in [6.45, 7) is 3.84. The molecule has 1 fully saturated rings. The fourth-order valence-electron chi connectivity index (χ4n) is 3.49. The first-order chi connectivity index (χ1) is 15.9. The van der Waals surface area contributed by atoms with Crippen LogP contribution in [0.5, 0.6) is 5.75 Å². The van der Waals surface area contributed by atoms with Gasteiger partial charge >= 0.3 is 0 Å². The summed E-state index contributed by atoms with van der Waals surface area (Å²) < 4.78 is 32.4. The molecule has 0 unspecified atom stereocenters. The summed E-state index contributed by atoms with van der Waals surface area (Å²) in [5, 5.41) is 2.75. The topological polar surface area (TPSA) is 105 Å². The van der Waals surface area contributed by atoms with Gasteiger partial charge in [-0.2, -0.15) is 0 Å². The molecule has 2 N–H and O–H groups in total. The van der Waals surface area contributed by atoms with Gasteiger partial charge in [0.15, 0.2) is 6.61 Å². The van der Waals surface area contributed by atoms with E-state index in [1.54, 1.807) is 12.1 Å². The molecule has 2 aromatic rings. The molecule has 1 aliphatic rings. The Labute approximate surface area is 195 Å². The van der Waals surface area contributed by atoms with E-state index in [1.807, 2.05) is 24.0 Å². The van der Waals surface area contributed by atoms with E-state index in [2.05, 4.69) is 10.0 Å². The van der Waals surface area contributed by atoms with Gasteiger partial charge in [0.25, 0.3) is 5.91 Å². The van der Waals surface area contributed by atoms with Gasteiger partial charge in [0.2, 0.25) is 15.9 Å². The maximum Gasteiger partial charge on any atom is 0.262 e. The van der Waals surface area contributed by atoms with Crippen molar-refractivity contribution in [3.63, 3.8) is 0 Å². The van der Waals surface area contributed by atoms with Gasteiger partial charge in [-0.25, -0.2) is 13.1 Å². The average Bonchev–Trinajstić information content (AvgIpc) is 3.35. The van der Waals surface area contributed by atoms with Crippen LogP contribution < -0.4 is 14.8 Å². The molecule has 0 atom stereocenters. The number of carbonyl (C=O) groups is 2. The summed E-state index contributed by atoms with van der Waals surface area (Å²) in [4.78, 5) is 26.5. The van der Waals surface area contributed by atoms with Gasteiger partial charge in [-0.1, -0.05) is 25.5 Å². The lowest BCUT2D eigenvalue weighted by Crippen LogP contribution is -2.29. The number of ether oxygens (including phenoxy) is 1. The van der Waals surface area contributed by atoms with E-state index in [0.717, 1.165) is 44.3 Å². The third-order valence-corrected chi connectivity index (χ3v) is 6.86. The van der Waals surface area contributed by atoms with Crippen LogP contribution in [-0.4, -0.2) is 51.4 Å². The number of rotatable bonds is 11. The lowest BCUT2D eigenvalue weighted by atomic mass is 10.1. The third kappa shape index (κ3) is 7.57. The standard InChI is InChI=1S/C24H31N3O5S/c1-2-3-14-25-33(30,31)22-12-10-21(11-13-22)32-18-23(28)26-20-8-6-19(7-9-20)17-24(29)27-15-4-5-16-27/h6-13,25H,2-5,14-18H2,1H3,(H,26,28). The summed E-state index contributed by atoms with van der Waals surface area (Å²) in [5.74, 6) is 0.190. The van der Waals surface area contributed by atoms with Gasteiger partial charge in [0.1, 0.15) is 5.75 Å². The van der Waals surface area contributed by atoms with Crippen LogP contribution in [0.1, 0.15) is 38.2 Å². The summed E-state index contributed by atoms with van der Waals surface area (Å²) >= 11 is 0. The third-order valence-electron chi connectivity index (χ3n) is 5.38. The summed E-state index contributed by atoms with van der Waals surface area (Å²) in [6, 6.07) is 13.1. The largest absolute Gasteiger partial charge is 0.484 e. The molecule has 1 aliphatic heterocycles. The Morgan fingerprint density at radius 2 is 1.67 bits per heavy atom. The van der Waals surface area contributed by atoms with Crippen molar-refractivity contribution in [1.82, 2.24) is 9.62 Å². The molecular formula is C24H31N3O5S. The maximum atomic E-state index is 12.2. The minimum Gasteiger partial charge on any atom is -0.484 e. The Balaban J connectivity index is 1.44. The van der Waals surface area contributed by atoms with Crippen LogP contribution in [0.4, 0.5) is 5.69 Å². The smallest absolute Gasteiger partial charge is 0.262 e. The predicted molar refractivity (Wildman–Crippen MR) is 127 cm³/mol. The maximum absolute atomic E-state index is 12.2. The van der Waals surface area contributed by atoms with E-state index < -0.39 is 10.0 Å². The number of likely N-dealkylation sites (tertiary alicyclic amines) is 1. The van der Waals surface area contributed by atoms with E-state index in [4.69, 9.17) is 4.74 Å². The van der Waals surface area contributed by atoms with Crippen molar-refractivity contribution in [1.29, 1.82) is 0 Å². The number of nitrogens with one attached hydrogen (secondary N) is 2. The van der Waals surface area contributed by atoms with Crippen LogP contribution in [0.15, 0.2) is 53.4 Å². The molecule has 33 heavy (non-hydrogen) atoms. The molecule has 0 aliphatic carbocycles. The SMILES string of the molecule is CCCCNS(=O)(=O)c1ccc(OCC(=O)Nc2ccc(CC(=O)N3CCCC3)cc2)cc1. The fraction of sp³-hybridized carbons (Fsp3) is 0.417. The lowest BCUT2D eigenvalue weighted by Gasteiger charge is -2.15. The Kier molecular flexibility index (Phi) is 8.85. The Morgan fingerprint density at radius 1 is 1.00 bits per heavy atom. The van der Waals surface area contributed by atoms with Crippen LogP contribution in [0.25, 0.3) is 0 Å². The molecule has 0 bridgehead atoms. The number of unbranched alkanes of at least 4 members (excludes halogenated alkanes) is 1. The van der Waals surface area contributed by atoms with Crippen molar-refractivity contribution in [2.75, 3.05) is 31.6 Å². The number of anilines is 1. The van der Waals surface area contributed by atoms with Crippen LogP contribution in [0.3, 0.4) is 0 Å². The summed E-state index contributed by atoms with van der Waals surface area (Å²) in [5.41, 5.74) is 1.51. The molecular weight excluding hydrogens is 442 g/mol. The lowest BCUT2D eigenvalue weighted by molar-refractivity contribution is -0.129. The molecule has 9 heteroatoms. The Bertz CT molecular complexity index is 1030. The molecule has 0 radical (unpaired) electrons. The number of nitrogens with zero attached hydrogens (tertiary/aromatic N) is 1. The van der Waals surface area contributed by atoms with E-state index >= 15 is 0 Å². The van der Waals surface area contributed by atoms with Gasteiger partial charge in [-0.15, -0.1) is 0 Å². The van der Waals surface area contributed by atoms with E-state index in [-0.39, 0.29) is 23.3 Å². The molecule has 8 nitrogen and oxygen atoms in total. The van der Waals surface area contributed by atoms with Gasteiger partial charge in [-0.3, -0.25) is 9.59 Å². The van der Waals surface area contributed by atoms with Crippen molar-refractivity contribution in [3.8, 4) is 5.75 Å². The molecule has 3 rings (SSSR count). The molecule has 1 heterocycles. The monoisotopic (exact) mass is 473 g/mol. The number of benzene rings is 2. The highest BCUT2D eigenvalue weighted by Crippen LogP contribution is 2.17. The number of hydrogen-bond donors (Lipinski definition) is 2. The Hall–Kier alpha value is -2.91. The van der Waals surface area contributed by atoms with E-state index in [0.29, 0.717) is 24.4 Å². The first-order valence-corrected chi connectivity index (χ1v) is 12.7. The average molecular weight is 474 g/mol. The number of hydrogen-bond acceptors (Lipinski definition) is 5. The zero-order chi connectivity index (χ0) is 23.7. The van der Waals surface area contributed by atoms with Crippen LogP contribution in [-0.2, 0) is 26.0 Å². The van der Waals surface area contributed by atoms with Crippen LogP contribution in [0.2, 0.25) is 0 Å². The minimum absolute atomic E-state index is 0.133. The highest BCUT2D eigenvalue weighted by Gasteiger charge is 2.18. The van der Waals surface area contributed by atoms with E-state index in [1.165, 1.54) is 24.3 Å². The molecule has 1 saturated heterocycles. The molecule has 0 spiro atoms. The Morgan fingerprint density at radius 3 is 2.30 bits per heavy atom. The van der Waals surface area contributed by atoms with Crippen molar-refractivity contribution >= 4 is 27.5 Å². The molecule has 2 aromatic carbocycles. The van der Waals surface area contributed by atoms with Crippen LogP contribution >= 0.6 is 0 Å².